The molecule has 0 aliphatic carbocycles. The Morgan fingerprint density at radius 3 is 2.62 bits per heavy atom. The average Bonchev–Trinajstić information content (AvgIpc) is 2.89. The summed E-state index contributed by atoms with van der Waals surface area (Å²) in [6.45, 7) is 1.32. The normalized spacial score (nSPS) is 11.8. The number of furan rings is 1. The van der Waals surface area contributed by atoms with Crippen LogP contribution in [0.3, 0.4) is 0 Å². The second-order valence-corrected chi connectivity index (χ2v) is 6.07. The first kappa shape index (κ1) is 18.3. The van der Waals surface area contributed by atoms with Crippen molar-refractivity contribution in [3.63, 3.8) is 0 Å². The lowest BCUT2D eigenvalue weighted by molar-refractivity contribution is -0.137. The largest absolute Gasteiger partial charge is 0.453 e. The molecule has 1 heterocycles. The van der Waals surface area contributed by atoms with Crippen molar-refractivity contribution in [1.29, 1.82) is 0 Å². The number of ketones is 1. The summed E-state index contributed by atoms with van der Waals surface area (Å²) in [7, 11) is 0. The molecular formula is C18H12ClF4NO2. The van der Waals surface area contributed by atoms with Gasteiger partial charge in [0.05, 0.1) is 17.1 Å². The Morgan fingerprint density at radius 1 is 1.19 bits per heavy atom. The highest BCUT2D eigenvalue weighted by Gasteiger charge is 2.33. The highest BCUT2D eigenvalue weighted by molar-refractivity contribution is 6.31. The van der Waals surface area contributed by atoms with Gasteiger partial charge in [0, 0.05) is 16.6 Å². The molecule has 3 rings (SSSR count). The number of rotatable bonds is 4. The second kappa shape index (κ2) is 6.64. The van der Waals surface area contributed by atoms with E-state index in [0.717, 1.165) is 12.1 Å². The zero-order valence-electron chi connectivity index (χ0n) is 13.4. The molecule has 0 amide bonds. The molecule has 2 aromatic carbocycles. The van der Waals surface area contributed by atoms with Gasteiger partial charge >= 0.3 is 6.18 Å². The number of alkyl halides is 3. The van der Waals surface area contributed by atoms with E-state index in [1.807, 2.05) is 0 Å². The van der Waals surface area contributed by atoms with Crippen LogP contribution in [-0.4, -0.2) is 12.3 Å². The molecule has 8 heteroatoms. The molecule has 0 aliphatic heterocycles. The lowest BCUT2D eigenvalue weighted by Gasteiger charge is -2.12. The molecule has 1 N–H and O–H groups in total. The maximum atomic E-state index is 13.3. The Morgan fingerprint density at radius 2 is 1.92 bits per heavy atom. The van der Waals surface area contributed by atoms with E-state index in [9.17, 15) is 22.4 Å². The van der Waals surface area contributed by atoms with Crippen molar-refractivity contribution in [2.24, 2.45) is 0 Å². The van der Waals surface area contributed by atoms with E-state index in [2.05, 4.69) is 5.32 Å². The maximum Gasteiger partial charge on any atom is 0.417 e. The van der Waals surface area contributed by atoms with Crippen LogP contribution in [0.4, 0.5) is 23.2 Å². The summed E-state index contributed by atoms with van der Waals surface area (Å²) < 4.78 is 57.4. The Hall–Kier alpha value is -2.54. The number of anilines is 1. The van der Waals surface area contributed by atoms with E-state index in [1.54, 1.807) is 6.92 Å². The van der Waals surface area contributed by atoms with Gasteiger partial charge in [-0.2, -0.15) is 13.2 Å². The molecule has 0 saturated carbocycles. The number of hydrogen-bond donors (Lipinski definition) is 1. The molecule has 0 fully saturated rings. The Bertz CT molecular complexity index is 995. The van der Waals surface area contributed by atoms with Gasteiger partial charge in [0.25, 0.3) is 0 Å². The van der Waals surface area contributed by atoms with Crippen LogP contribution in [-0.2, 0) is 6.18 Å². The minimum absolute atomic E-state index is 0.0307. The molecule has 3 aromatic rings. The van der Waals surface area contributed by atoms with E-state index < -0.39 is 28.4 Å². The van der Waals surface area contributed by atoms with Crippen LogP contribution in [0.1, 0.15) is 21.7 Å². The van der Waals surface area contributed by atoms with Crippen LogP contribution in [0, 0.1) is 12.7 Å². The standard InChI is InChI=1S/C18H12ClF4NO2/c1-9-12-6-10(20)2-5-16(12)26-17(9)15(25)8-24-11-3-4-14(19)13(7-11)18(21,22)23/h2-7,24H,8H2,1H3. The Kier molecular flexibility index (Phi) is 4.66. The van der Waals surface area contributed by atoms with Crippen LogP contribution in [0.25, 0.3) is 11.0 Å². The molecule has 0 saturated heterocycles. The minimum atomic E-state index is -4.60. The highest BCUT2D eigenvalue weighted by atomic mass is 35.5. The fourth-order valence-corrected chi connectivity index (χ4v) is 2.80. The Balaban J connectivity index is 1.81. The monoisotopic (exact) mass is 385 g/mol. The van der Waals surface area contributed by atoms with Crippen molar-refractivity contribution in [3.8, 4) is 0 Å². The molecule has 0 radical (unpaired) electrons. The SMILES string of the molecule is Cc1c(C(=O)CNc2ccc(Cl)c(C(F)(F)F)c2)oc2ccc(F)cc12. The molecular weight excluding hydrogens is 374 g/mol. The van der Waals surface area contributed by atoms with Gasteiger partial charge in [-0.3, -0.25) is 4.79 Å². The van der Waals surface area contributed by atoms with E-state index in [1.165, 1.54) is 24.3 Å². The van der Waals surface area contributed by atoms with Gasteiger partial charge in [-0.1, -0.05) is 11.6 Å². The van der Waals surface area contributed by atoms with E-state index in [0.29, 0.717) is 16.5 Å². The van der Waals surface area contributed by atoms with E-state index in [-0.39, 0.29) is 18.0 Å². The zero-order chi connectivity index (χ0) is 19.1. The molecule has 0 spiro atoms. The molecule has 0 aliphatic rings. The van der Waals surface area contributed by atoms with Crippen molar-refractivity contribution in [2.75, 3.05) is 11.9 Å². The van der Waals surface area contributed by atoms with Gasteiger partial charge in [0.2, 0.25) is 5.78 Å². The zero-order valence-corrected chi connectivity index (χ0v) is 14.1. The number of benzene rings is 2. The van der Waals surface area contributed by atoms with Crippen LogP contribution >= 0.6 is 11.6 Å². The first-order valence-corrected chi connectivity index (χ1v) is 7.87. The first-order chi connectivity index (χ1) is 12.2. The summed E-state index contributed by atoms with van der Waals surface area (Å²) in [6.07, 6.45) is -4.60. The number of halogens is 5. The number of nitrogens with one attached hydrogen (secondary N) is 1. The number of aryl methyl sites for hydroxylation is 1. The summed E-state index contributed by atoms with van der Waals surface area (Å²) in [6, 6.07) is 7.16. The molecule has 1 aromatic heterocycles. The lowest BCUT2D eigenvalue weighted by atomic mass is 10.1. The summed E-state index contributed by atoms with van der Waals surface area (Å²) in [5.74, 6) is -0.898. The van der Waals surface area contributed by atoms with Gasteiger partial charge in [-0.05, 0) is 43.3 Å². The van der Waals surface area contributed by atoms with E-state index in [4.69, 9.17) is 16.0 Å². The van der Waals surface area contributed by atoms with Crippen LogP contribution in [0.15, 0.2) is 40.8 Å². The van der Waals surface area contributed by atoms with Gasteiger partial charge in [-0.25, -0.2) is 4.39 Å². The summed E-state index contributed by atoms with van der Waals surface area (Å²) in [4.78, 5) is 12.3. The quantitative estimate of drug-likeness (QED) is 0.452. The van der Waals surface area contributed by atoms with Gasteiger partial charge < -0.3 is 9.73 Å². The third-order valence-electron chi connectivity index (χ3n) is 3.88. The average molecular weight is 386 g/mol. The predicted octanol–water partition coefficient (Wildman–Crippen LogP) is 5.85. The topological polar surface area (TPSA) is 42.2 Å². The fourth-order valence-electron chi connectivity index (χ4n) is 2.57. The molecule has 0 unspecified atom stereocenters. The van der Waals surface area contributed by atoms with Crippen molar-refractivity contribution < 1.29 is 26.8 Å². The van der Waals surface area contributed by atoms with Crippen LogP contribution in [0.5, 0.6) is 0 Å². The van der Waals surface area contributed by atoms with Gasteiger partial charge in [0.1, 0.15) is 11.4 Å². The van der Waals surface area contributed by atoms with Crippen molar-refractivity contribution >= 4 is 34.0 Å². The third kappa shape index (κ3) is 3.53. The summed E-state index contributed by atoms with van der Waals surface area (Å²) >= 11 is 5.56. The number of hydrogen-bond acceptors (Lipinski definition) is 3. The second-order valence-electron chi connectivity index (χ2n) is 5.67. The van der Waals surface area contributed by atoms with Crippen molar-refractivity contribution in [2.45, 2.75) is 13.1 Å². The Labute approximate surface area is 150 Å². The summed E-state index contributed by atoms with van der Waals surface area (Å²) in [5.41, 5.74) is -0.0709. The van der Waals surface area contributed by atoms with Crippen LogP contribution < -0.4 is 5.32 Å². The smallest absolute Gasteiger partial charge is 0.417 e. The maximum absolute atomic E-state index is 13.3. The van der Waals surface area contributed by atoms with Crippen LogP contribution in [0.2, 0.25) is 5.02 Å². The molecule has 3 nitrogen and oxygen atoms in total. The van der Waals surface area contributed by atoms with Crippen molar-refractivity contribution in [3.05, 3.63) is 64.1 Å². The first-order valence-electron chi connectivity index (χ1n) is 7.49. The molecule has 0 atom stereocenters. The number of carbonyl (C=O) groups is 1. The van der Waals surface area contributed by atoms with Gasteiger partial charge in [-0.15, -0.1) is 0 Å². The molecule has 26 heavy (non-hydrogen) atoms. The summed E-state index contributed by atoms with van der Waals surface area (Å²) in [5, 5.41) is 2.67. The lowest BCUT2D eigenvalue weighted by Crippen LogP contribution is -2.15. The molecule has 136 valence electrons. The minimum Gasteiger partial charge on any atom is -0.453 e. The molecule has 0 bridgehead atoms. The van der Waals surface area contributed by atoms with Gasteiger partial charge in [0.15, 0.2) is 5.76 Å². The number of Topliss-reactive ketones (excluding diaryl/α,β-unsaturated/α-hetero) is 1. The van der Waals surface area contributed by atoms with Crippen molar-refractivity contribution in [1.82, 2.24) is 0 Å². The highest BCUT2D eigenvalue weighted by Crippen LogP contribution is 2.36. The predicted molar refractivity (Wildman–Crippen MR) is 90.2 cm³/mol. The number of carbonyl (C=O) groups excluding carboxylic acids is 1. The van der Waals surface area contributed by atoms with E-state index >= 15 is 0 Å². The third-order valence-corrected chi connectivity index (χ3v) is 4.21. The number of fused-ring (bicyclic) bond motifs is 1. The fraction of sp³-hybridized carbons (Fsp3) is 0.167.